The SMILES string of the molecule is COc1cc(C(=O)NCC(OC)C(=O)O)on1. The maximum atomic E-state index is 11.5. The van der Waals surface area contributed by atoms with E-state index in [0.29, 0.717) is 0 Å². The number of methoxy groups -OCH3 is 2. The van der Waals surface area contributed by atoms with E-state index in [2.05, 4.69) is 19.7 Å². The van der Waals surface area contributed by atoms with E-state index in [1.807, 2.05) is 0 Å². The van der Waals surface area contributed by atoms with Crippen molar-refractivity contribution in [2.75, 3.05) is 20.8 Å². The van der Waals surface area contributed by atoms with Crippen LogP contribution in [0.2, 0.25) is 0 Å². The zero-order valence-electron chi connectivity index (χ0n) is 9.30. The van der Waals surface area contributed by atoms with Gasteiger partial charge in [0, 0.05) is 7.11 Å². The molecule has 2 N–H and O–H groups in total. The molecule has 1 amide bonds. The monoisotopic (exact) mass is 244 g/mol. The van der Waals surface area contributed by atoms with E-state index in [1.165, 1.54) is 20.3 Å². The molecule has 0 aliphatic rings. The van der Waals surface area contributed by atoms with E-state index < -0.39 is 18.0 Å². The van der Waals surface area contributed by atoms with Crippen molar-refractivity contribution in [3.05, 3.63) is 11.8 Å². The van der Waals surface area contributed by atoms with Crippen molar-refractivity contribution < 1.29 is 28.7 Å². The van der Waals surface area contributed by atoms with Crippen LogP contribution in [-0.4, -0.2) is 49.0 Å². The Morgan fingerprint density at radius 1 is 1.59 bits per heavy atom. The highest BCUT2D eigenvalue weighted by molar-refractivity contribution is 5.91. The van der Waals surface area contributed by atoms with Crippen molar-refractivity contribution in [3.8, 4) is 5.88 Å². The molecular formula is C9H12N2O6. The van der Waals surface area contributed by atoms with Gasteiger partial charge in [0.15, 0.2) is 6.10 Å². The highest BCUT2D eigenvalue weighted by atomic mass is 16.5. The van der Waals surface area contributed by atoms with Gasteiger partial charge in [0.25, 0.3) is 11.8 Å². The molecule has 8 heteroatoms. The van der Waals surface area contributed by atoms with Gasteiger partial charge in [-0.15, -0.1) is 0 Å². The highest BCUT2D eigenvalue weighted by Gasteiger charge is 2.19. The molecule has 0 fully saturated rings. The molecule has 0 aliphatic carbocycles. The molecule has 0 saturated carbocycles. The minimum Gasteiger partial charge on any atom is -0.479 e. The molecule has 0 radical (unpaired) electrons. The average Bonchev–Trinajstić information content (AvgIpc) is 2.77. The average molecular weight is 244 g/mol. The third kappa shape index (κ3) is 3.45. The Hall–Kier alpha value is -2.09. The summed E-state index contributed by atoms with van der Waals surface area (Å²) < 4.78 is 14.0. The normalized spacial score (nSPS) is 11.9. The second kappa shape index (κ2) is 5.85. The van der Waals surface area contributed by atoms with Crippen LogP contribution in [0.25, 0.3) is 0 Å². The van der Waals surface area contributed by atoms with Crippen LogP contribution in [0.5, 0.6) is 5.88 Å². The number of aliphatic carboxylic acids is 1. The van der Waals surface area contributed by atoms with Crippen molar-refractivity contribution in [3.63, 3.8) is 0 Å². The molecular weight excluding hydrogens is 232 g/mol. The first kappa shape index (κ1) is 13.0. The van der Waals surface area contributed by atoms with Crippen LogP contribution in [-0.2, 0) is 9.53 Å². The summed E-state index contributed by atoms with van der Waals surface area (Å²) in [6.45, 7) is -0.173. The first-order valence-electron chi connectivity index (χ1n) is 4.63. The summed E-state index contributed by atoms with van der Waals surface area (Å²) in [5, 5.41) is 14.4. The van der Waals surface area contributed by atoms with E-state index in [0.717, 1.165) is 0 Å². The molecule has 0 aliphatic heterocycles. The number of aromatic nitrogens is 1. The molecule has 1 heterocycles. The molecule has 8 nitrogen and oxygen atoms in total. The molecule has 94 valence electrons. The minimum absolute atomic E-state index is 0.0675. The third-order valence-corrected chi connectivity index (χ3v) is 1.93. The molecule has 1 rings (SSSR count). The van der Waals surface area contributed by atoms with Crippen molar-refractivity contribution in [2.45, 2.75) is 6.10 Å². The Balaban J connectivity index is 2.52. The van der Waals surface area contributed by atoms with E-state index in [-0.39, 0.29) is 18.2 Å². The summed E-state index contributed by atoms with van der Waals surface area (Å²) >= 11 is 0. The number of ether oxygens (including phenoxy) is 2. The Kier molecular flexibility index (Phi) is 4.46. The van der Waals surface area contributed by atoms with E-state index in [4.69, 9.17) is 9.84 Å². The van der Waals surface area contributed by atoms with Crippen molar-refractivity contribution in [1.29, 1.82) is 0 Å². The van der Waals surface area contributed by atoms with Gasteiger partial charge in [-0.25, -0.2) is 4.79 Å². The standard InChI is InChI=1S/C9H12N2O6/c1-15-6(9(13)14)4-10-8(12)5-3-7(16-2)11-17-5/h3,6H,4H2,1-2H3,(H,10,12)(H,13,14). The number of hydrogen-bond acceptors (Lipinski definition) is 6. The van der Waals surface area contributed by atoms with E-state index >= 15 is 0 Å². The van der Waals surface area contributed by atoms with E-state index in [9.17, 15) is 9.59 Å². The summed E-state index contributed by atoms with van der Waals surface area (Å²) in [5.41, 5.74) is 0. The summed E-state index contributed by atoms with van der Waals surface area (Å²) in [6, 6.07) is 1.29. The van der Waals surface area contributed by atoms with Gasteiger partial charge in [-0.05, 0) is 5.16 Å². The summed E-state index contributed by atoms with van der Waals surface area (Å²) in [4.78, 5) is 22.1. The lowest BCUT2D eigenvalue weighted by molar-refractivity contribution is -0.148. The van der Waals surface area contributed by atoms with Crippen LogP contribution in [0.15, 0.2) is 10.6 Å². The Labute approximate surface area is 96.5 Å². The topological polar surface area (TPSA) is 111 Å². The van der Waals surface area contributed by atoms with Gasteiger partial charge >= 0.3 is 5.97 Å². The number of carbonyl (C=O) groups excluding carboxylic acids is 1. The fraction of sp³-hybridized carbons (Fsp3) is 0.444. The van der Waals surface area contributed by atoms with E-state index in [1.54, 1.807) is 0 Å². The van der Waals surface area contributed by atoms with Crippen molar-refractivity contribution >= 4 is 11.9 Å². The van der Waals surface area contributed by atoms with Crippen LogP contribution in [0.4, 0.5) is 0 Å². The lowest BCUT2D eigenvalue weighted by Crippen LogP contribution is -2.37. The maximum Gasteiger partial charge on any atom is 0.334 e. The number of carboxylic acid groups (broad SMARTS) is 1. The molecule has 0 spiro atoms. The minimum atomic E-state index is -1.16. The number of amides is 1. The second-order valence-corrected chi connectivity index (χ2v) is 3.01. The molecule has 0 saturated heterocycles. The predicted molar refractivity (Wildman–Crippen MR) is 53.8 cm³/mol. The van der Waals surface area contributed by atoms with Crippen molar-refractivity contribution in [2.24, 2.45) is 0 Å². The third-order valence-electron chi connectivity index (χ3n) is 1.93. The fourth-order valence-electron chi connectivity index (χ4n) is 1.01. The summed E-state index contributed by atoms with van der Waals surface area (Å²) in [7, 11) is 2.62. The van der Waals surface area contributed by atoms with Crippen LogP contribution in [0.1, 0.15) is 10.6 Å². The van der Waals surface area contributed by atoms with Crippen LogP contribution < -0.4 is 10.1 Å². The molecule has 17 heavy (non-hydrogen) atoms. The first-order chi connectivity index (χ1) is 8.08. The van der Waals surface area contributed by atoms with Gasteiger partial charge in [0.05, 0.1) is 19.7 Å². The Bertz CT molecular complexity index is 402. The predicted octanol–water partition coefficient (Wildman–Crippen LogP) is -0.487. The number of carbonyl (C=O) groups is 2. The zero-order valence-corrected chi connectivity index (χ0v) is 9.30. The number of nitrogens with one attached hydrogen (secondary N) is 1. The van der Waals surface area contributed by atoms with Gasteiger partial charge in [0.1, 0.15) is 0 Å². The smallest absolute Gasteiger partial charge is 0.334 e. The zero-order chi connectivity index (χ0) is 12.8. The summed E-state index contributed by atoms with van der Waals surface area (Å²) in [6.07, 6.45) is -1.11. The van der Waals surface area contributed by atoms with Gasteiger partial charge in [-0.3, -0.25) is 4.79 Å². The fourth-order valence-corrected chi connectivity index (χ4v) is 1.01. The largest absolute Gasteiger partial charge is 0.479 e. The summed E-state index contributed by atoms with van der Waals surface area (Å²) in [5.74, 6) is -1.66. The number of nitrogens with zero attached hydrogens (tertiary/aromatic N) is 1. The van der Waals surface area contributed by atoms with Gasteiger partial charge < -0.3 is 24.4 Å². The number of carboxylic acids is 1. The Morgan fingerprint density at radius 2 is 2.29 bits per heavy atom. The molecule has 1 unspecified atom stereocenters. The molecule has 0 bridgehead atoms. The van der Waals surface area contributed by atoms with Gasteiger partial charge in [0.2, 0.25) is 5.76 Å². The second-order valence-electron chi connectivity index (χ2n) is 3.01. The maximum absolute atomic E-state index is 11.5. The lowest BCUT2D eigenvalue weighted by Gasteiger charge is -2.10. The number of rotatable bonds is 6. The lowest BCUT2D eigenvalue weighted by atomic mass is 10.3. The van der Waals surface area contributed by atoms with Gasteiger partial charge in [-0.2, -0.15) is 0 Å². The first-order valence-corrected chi connectivity index (χ1v) is 4.63. The number of hydrogen-bond donors (Lipinski definition) is 2. The van der Waals surface area contributed by atoms with Crippen LogP contribution in [0, 0.1) is 0 Å². The molecule has 1 aromatic heterocycles. The quantitative estimate of drug-likeness (QED) is 0.694. The van der Waals surface area contributed by atoms with Crippen molar-refractivity contribution in [1.82, 2.24) is 10.5 Å². The molecule has 1 atom stereocenters. The van der Waals surface area contributed by atoms with Crippen LogP contribution in [0.3, 0.4) is 0 Å². The highest BCUT2D eigenvalue weighted by Crippen LogP contribution is 2.09. The molecule has 0 aromatic carbocycles. The Morgan fingerprint density at radius 3 is 2.76 bits per heavy atom. The van der Waals surface area contributed by atoms with Crippen LogP contribution >= 0.6 is 0 Å². The van der Waals surface area contributed by atoms with Gasteiger partial charge in [-0.1, -0.05) is 0 Å². The molecule has 1 aromatic rings.